The number of benzene rings is 1. The number of para-hydroxylation sites is 1. The molecule has 0 amide bonds. The first-order chi connectivity index (χ1) is 9.87. The predicted octanol–water partition coefficient (Wildman–Crippen LogP) is 5.44. The zero-order valence-corrected chi connectivity index (χ0v) is 13.7. The van der Waals surface area contributed by atoms with E-state index in [1.807, 2.05) is 18.2 Å². The van der Waals surface area contributed by atoms with Crippen molar-refractivity contribution in [1.82, 2.24) is 0 Å². The number of hydrogen-bond donors (Lipinski definition) is 0. The van der Waals surface area contributed by atoms with Crippen molar-refractivity contribution in [3.63, 3.8) is 0 Å². The number of rotatable bonds is 7. The highest BCUT2D eigenvalue weighted by Gasteiger charge is 2.12. The fourth-order valence-electron chi connectivity index (χ4n) is 2.08. The largest absolute Gasteiger partial charge is 0.513 e. The normalized spacial score (nSPS) is 12.8. The third kappa shape index (κ3) is 9.11. The highest BCUT2D eigenvalue weighted by atomic mass is 16.7. The molecule has 1 rings (SSSR count). The molecule has 0 spiro atoms. The Morgan fingerprint density at radius 1 is 1.14 bits per heavy atom. The van der Waals surface area contributed by atoms with Crippen LogP contribution in [0.15, 0.2) is 30.3 Å². The lowest BCUT2D eigenvalue weighted by atomic mass is 9.88. The van der Waals surface area contributed by atoms with Gasteiger partial charge in [-0.2, -0.15) is 0 Å². The van der Waals surface area contributed by atoms with Crippen LogP contribution in [0.1, 0.15) is 53.4 Å². The second-order valence-electron chi connectivity index (χ2n) is 6.86. The molecule has 3 heteroatoms. The van der Waals surface area contributed by atoms with Crippen LogP contribution in [0.2, 0.25) is 0 Å². The van der Waals surface area contributed by atoms with E-state index in [4.69, 9.17) is 9.47 Å². The van der Waals surface area contributed by atoms with Crippen LogP contribution < -0.4 is 4.74 Å². The van der Waals surface area contributed by atoms with E-state index in [2.05, 4.69) is 27.7 Å². The summed E-state index contributed by atoms with van der Waals surface area (Å²) in [5.74, 6) is 1.08. The molecular formula is C18H28O3. The van der Waals surface area contributed by atoms with Crippen molar-refractivity contribution in [2.24, 2.45) is 11.3 Å². The molecule has 0 aromatic heterocycles. The highest BCUT2D eigenvalue weighted by molar-refractivity contribution is 5.63. The van der Waals surface area contributed by atoms with Gasteiger partial charge in [0.25, 0.3) is 0 Å². The van der Waals surface area contributed by atoms with Gasteiger partial charge in [0.1, 0.15) is 5.75 Å². The van der Waals surface area contributed by atoms with Crippen molar-refractivity contribution in [2.45, 2.75) is 53.4 Å². The van der Waals surface area contributed by atoms with Crippen molar-refractivity contribution in [3.8, 4) is 5.75 Å². The Bertz CT molecular complexity index is 406. The van der Waals surface area contributed by atoms with Crippen molar-refractivity contribution in [3.05, 3.63) is 30.3 Å². The highest BCUT2D eigenvalue weighted by Crippen LogP contribution is 2.24. The van der Waals surface area contributed by atoms with Gasteiger partial charge < -0.3 is 9.47 Å². The molecule has 0 aliphatic heterocycles. The summed E-state index contributed by atoms with van der Waals surface area (Å²) in [5.41, 5.74) is 0.399. The summed E-state index contributed by atoms with van der Waals surface area (Å²) in [6.07, 6.45) is 3.89. The molecule has 0 bridgehead atoms. The minimum atomic E-state index is -0.622. The lowest BCUT2D eigenvalue weighted by Gasteiger charge is -2.19. The Kier molecular flexibility index (Phi) is 7.27. The summed E-state index contributed by atoms with van der Waals surface area (Å²) in [4.78, 5) is 11.5. The standard InChI is InChI=1S/C18H28O3/c1-15(9-8-13-18(2,3)4)12-14-20-17(19)21-16-10-6-5-7-11-16/h5-7,10-11,15H,8-9,12-14H2,1-4H3. The second-order valence-corrected chi connectivity index (χ2v) is 6.86. The van der Waals surface area contributed by atoms with Gasteiger partial charge in [0, 0.05) is 0 Å². The van der Waals surface area contributed by atoms with Crippen LogP contribution in [0, 0.1) is 11.3 Å². The van der Waals surface area contributed by atoms with Crippen LogP contribution in [-0.2, 0) is 4.74 Å². The Morgan fingerprint density at radius 2 is 1.81 bits per heavy atom. The molecule has 1 aromatic rings. The quantitative estimate of drug-likeness (QED) is 0.495. The number of carbonyl (C=O) groups excluding carboxylic acids is 1. The molecule has 0 aliphatic carbocycles. The molecule has 3 nitrogen and oxygen atoms in total. The van der Waals surface area contributed by atoms with E-state index in [1.54, 1.807) is 12.1 Å². The lowest BCUT2D eigenvalue weighted by Crippen LogP contribution is -2.13. The molecule has 1 aromatic carbocycles. The zero-order chi connectivity index (χ0) is 15.7. The van der Waals surface area contributed by atoms with Gasteiger partial charge in [-0.1, -0.05) is 58.7 Å². The molecule has 21 heavy (non-hydrogen) atoms. The topological polar surface area (TPSA) is 35.5 Å². The van der Waals surface area contributed by atoms with E-state index in [9.17, 15) is 4.79 Å². The SMILES string of the molecule is CC(CCCC(C)(C)C)CCOC(=O)Oc1ccccc1. The molecule has 118 valence electrons. The average Bonchev–Trinajstić information content (AvgIpc) is 2.38. The van der Waals surface area contributed by atoms with Crippen molar-refractivity contribution in [2.75, 3.05) is 6.61 Å². The average molecular weight is 292 g/mol. The molecule has 1 unspecified atom stereocenters. The van der Waals surface area contributed by atoms with Crippen LogP contribution in [0.3, 0.4) is 0 Å². The lowest BCUT2D eigenvalue weighted by molar-refractivity contribution is 0.0935. The zero-order valence-electron chi connectivity index (χ0n) is 13.7. The van der Waals surface area contributed by atoms with E-state index < -0.39 is 6.16 Å². The second kappa shape index (κ2) is 8.71. The first-order valence-electron chi connectivity index (χ1n) is 7.76. The van der Waals surface area contributed by atoms with Crippen LogP contribution in [0.25, 0.3) is 0 Å². The molecule has 0 heterocycles. The van der Waals surface area contributed by atoms with Crippen LogP contribution in [-0.4, -0.2) is 12.8 Å². The molecule has 0 saturated heterocycles. The molecule has 0 radical (unpaired) electrons. The maximum Gasteiger partial charge on any atom is 0.513 e. The van der Waals surface area contributed by atoms with Gasteiger partial charge in [0.05, 0.1) is 6.61 Å². The number of ether oxygens (including phenoxy) is 2. The Balaban J connectivity index is 2.11. The number of hydrogen-bond acceptors (Lipinski definition) is 3. The van der Waals surface area contributed by atoms with E-state index in [0.717, 1.165) is 6.42 Å². The number of carbonyl (C=O) groups is 1. The smallest absolute Gasteiger partial charge is 0.434 e. The summed E-state index contributed by atoms with van der Waals surface area (Å²) in [5, 5.41) is 0. The predicted molar refractivity (Wildman–Crippen MR) is 85.5 cm³/mol. The van der Waals surface area contributed by atoms with Gasteiger partial charge in [0.2, 0.25) is 0 Å². The van der Waals surface area contributed by atoms with Gasteiger partial charge in [0.15, 0.2) is 0 Å². The molecule has 0 N–H and O–H groups in total. The fourth-order valence-corrected chi connectivity index (χ4v) is 2.08. The Labute approximate surface area is 128 Å². The van der Waals surface area contributed by atoms with Gasteiger partial charge in [-0.3, -0.25) is 0 Å². The Morgan fingerprint density at radius 3 is 2.43 bits per heavy atom. The van der Waals surface area contributed by atoms with Crippen molar-refractivity contribution < 1.29 is 14.3 Å². The van der Waals surface area contributed by atoms with E-state index in [0.29, 0.717) is 23.7 Å². The Hall–Kier alpha value is -1.51. The first kappa shape index (κ1) is 17.5. The van der Waals surface area contributed by atoms with Gasteiger partial charge in [-0.25, -0.2) is 4.79 Å². The van der Waals surface area contributed by atoms with Gasteiger partial charge >= 0.3 is 6.16 Å². The third-order valence-corrected chi connectivity index (χ3v) is 3.40. The van der Waals surface area contributed by atoms with Crippen molar-refractivity contribution in [1.29, 1.82) is 0 Å². The maximum absolute atomic E-state index is 11.5. The van der Waals surface area contributed by atoms with Crippen molar-refractivity contribution >= 4 is 6.16 Å². The minimum Gasteiger partial charge on any atom is -0.434 e. The monoisotopic (exact) mass is 292 g/mol. The minimum absolute atomic E-state index is 0.399. The van der Waals surface area contributed by atoms with Crippen LogP contribution in [0.4, 0.5) is 4.79 Å². The van der Waals surface area contributed by atoms with Crippen LogP contribution >= 0.6 is 0 Å². The first-order valence-corrected chi connectivity index (χ1v) is 7.76. The van der Waals surface area contributed by atoms with Gasteiger partial charge in [-0.05, 0) is 36.3 Å². The van der Waals surface area contributed by atoms with E-state index in [1.165, 1.54) is 19.3 Å². The summed E-state index contributed by atoms with van der Waals surface area (Å²) in [7, 11) is 0. The van der Waals surface area contributed by atoms with E-state index >= 15 is 0 Å². The molecular weight excluding hydrogens is 264 g/mol. The molecule has 0 fully saturated rings. The molecule has 1 atom stereocenters. The molecule has 0 aliphatic rings. The summed E-state index contributed by atoms with van der Waals surface area (Å²) >= 11 is 0. The summed E-state index contributed by atoms with van der Waals surface area (Å²) in [6, 6.07) is 8.98. The summed E-state index contributed by atoms with van der Waals surface area (Å²) in [6.45, 7) is 9.41. The van der Waals surface area contributed by atoms with E-state index in [-0.39, 0.29) is 0 Å². The van der Waals surface area contributed by atoms with Gasteiger partial charge in [-0.15, -0.1) is 0 Å². The van der Waals surface area contributed by atoms with Crippen LogP contribution in [0.5, 0.6) is 5.75 Å². The summed E-state index contributed by atoms with van der Waals surface area (Å²) < 4.78 is 10.2. The maximum atomic E-state index is 11.5. The third-order valence-electron chi connectivity index (χ3n) is 3.40. The fraction of sp³-hybridized carbons (Fsp3) is 0.611. The molecule has 0 saturated carbocycles.